The van der Waals surface area contributed by atoms with Crippen LogP contribution in [0.2, 0.25) is 0 Å². The molecule has 0 aliphatic carbocycles. The van der Waals surface area contributed by atoms with Crippen LogP contribution in [0.15, 0.2) is 24.3 Å². The lowest BCUT2D eigenvalue weighted by atomic mass is 10.0. The van der Waals surface area contributed by atoms with E-state index in [0.717, 1.165) is 18.5 Å². The molecule has 2 fully saturated rings. The third-order valence-corrected chi connectivity index (χ3v) is 4.33. The van der Waals surface area contributed by atoms with E-state index in [2.05, 4.69) is 0 Å². The van der Waals surface area contributed by atoms with Crippen molar-refractivity contribution in [2.75, 3.05) is 44.8 Å². The van der Waals surface area contributed by atoms with E-state index in [1.807, 2.05) is 16.8 Å². The highest BCUT2D eigenvalue weighted by atomic mass is 19.1. The fourth-order valence-electron chi connectivity index (χ4n) is 2.97. The van der Waals surface area contributed by atoms with Crippen molar-refractivity contribution in [2.24, 2.45) is 0 Å². The molecule has 22 heavy (non-hydrogen) atoms. The summed E-state index contributed by atoms with van der Waals surface area (Å²) in [5, 5.41) is 0. The molecule has 2 aliphatic rings. The van der Waals surface area contributed by atoms with Crippen LogP contribution in [-0.2, 0) is 14.3 Å². The Kier molecular flexibility index (Phi) is 4.31. The highest BCUT2D eigenvalue weighted by Gasteiger charge is 2.40. The topological polar surface area (TPSA) is 42.0 Å². The molecule has 3 rings (SSSR count). The Morgan fingerprint density at radius 3 is 2.41 bits per heavy atom. The Morgan fingerprint density at radius 2 is 1.82 bits per heavy atom. The lowest BCUT2D eigenvalue weighted by Crippen LogP contribution is -2.49. The van der Waals surface area contributed by atoms with E-state index in [4.69, 9.17) is 9.47 Å². The Morgan fingerprint density at radius 1 is 1.23 bits per heavy atom. The molecule has 120 valence electrons. The van der Waals surface area contributed by atoms with E-state index >= 15 is 0 Å². The zero-order chi connectivity index (χ0) is 15.6. The maximum absolute atomic E-state index is 12.9. The molecule has 2 saturated heterocycles. The number of carbonyl (C=O) groups is 1. The van der Waals surface area contributed by atoms with Gasteiger partial charge >= 0.3 is 0 Å². The highest BCUT2D eigenvalue weighted by molar-refractivity contribution is 5.81. The van der Waals surface area contributed by atoms with Gasteiger partial charge in [-0.15, -0.1) is 0 Å². The van der Waals surface area contributed by atoms with Crippen LogP contribution in [0.4, 0.5) is 10.1 Å². The molecule has 2 heterocycles. The molecule has 0 saturated carbocycles. The predicted octanol–water partition coefficient (Wildman–Crippen LogP) is 1.63. The minimum Gasteiger partial charge on any atom is -0.365 e. The van der Waals surface area contributed by atoms with Gasteiger partial charge in [0.05, 0.1) is 19.8 Å². The van der Waals surface area contributed by atoms with Crippen molar-refractivity contribution in [3.05, 3.63) is 30.1 Å². The van der Waals surface area contributed by atoms with E-state index in [1.54, 1.807) is 12.1 Å². The lowest BCUT2D eigenvalue weighted by molar-refractivity contribution is -0.187. The Balaban J connectivity index is 1.53. The molecule has 1 aromatic carbocycles. The van der Waals surface area contributed by atoms with Gasteiger partial charge in [0.25, 0.3) is 0 Å². The molecule has 1 spiro atoms. The number of carbonyl (C=O) groups excluding carboxylic acids is 1. The number of ether oxygens (including phenoxy) is 2. The lowest BCUT2D eigenvalue weighted by Gasteiger charge is -2.38. The van der Waals surface area contributed by atoms with Crippen molar-refractivity contribution < 1.29 is 18.7 Å². The van der Waals surface area contributed by atoms with E-state index in [9.17, 15) is 9.18 Å². The van der Waals surface area contributed by atoms with Crippen LogP contribution in [0.25, 0.3) is 0 Å². The average Bonchev–Trinajstić information content (AvgIpc) is 2.96. The van der Waals surface area contributed by atoms with Gasteiger partial charge in [0.2, 0.25) is 5.91 Å². The number of hydrogen-bond donors (Lipinski definition) is 0. The maximum Gasteiger partial charge on any atom is 0.242 e. The van der Waals surface area contributed by atoms with Gasteiger partial charge in [-0.2, -0.15) is 0 Å². The molecule has 6 heteroatoms. The highest BCUT2D eigenvalue weighted by Crippen LogP contribution is 2.31. The minimum absolute atomic E-state index is 0.0691. The van der Waals surface area contributed by atoms with Gasteiger partial charge in [-0.25, -0.2) is 4.39 Å². The van der Waals surface area contributed by atoms with Gasteiger partial charge in [-0.3, -0.25) is 4.79 Å². The normalized spacial score (nSPS) is 20.4. The number of hydrogen-bond acceptors (Lipinski definition) is 4. The van der Waals surface area contributed by atoms with Crippen molar-refractivity contribution in [2.45, 2.75) is 18.6 Å². The number of halogens is 1. The molecule has 0 radical (unpaired) electrons. The first-order valence-corrected chi connectivity index (χ1v) is 7.60. The van der Waals surface area contributed by atoms with Crippen LogP contribution in [-0.4, -0.2) is 56.5 Å². The Labute approximate surface area is 129 Å². The third kappa shape index (κ3) is 3.23. The number of likely N-dealkylation sites (N-methyl/N-ethyl adjacent to an activating group) is 1. The largest absolute Gasteiger partial charge is 0.365 e. The summed E-state index contributed by atoms with van der Waals surface area (Å²) in [6, 6.07) is 6.15. The molecule has 0 atom stereocenters. The van der Waals surface area contributed by atoms with Crippen LogP contribution in [0, 0.1) is 5.82 Å². The summed E-state index contributed by atoms with van der Waals surface area (Å²) in [5.41, 5.74) is 0.825. The summed E-state index contributed by atoms with van der Waals surface area (Å²) in [7, 11) is 1.83. The van der Waals surface area contributed by atoms with Crippen molar-refractivity contribution >= 4 is 11.6 Å². The van der Waals surface area contributed by atoms with Gasteiger partial charge in [0.15, 0.2) is 5.79 Å². The predicted molar refractivity (Wildman–Crippen MR) is 80.1 cm³/mol. The first-order valence-electron chi connectivity index (χ1n) is 7.60. The van der Waals surface area contributed by atoms with Crippen molar-refractivity contribution in [1.82, 2.24) is 4.90 Å². The number of amides is 1. The van der Waals surface area contributed by atoms with Gasteiger partial charge in [-0.05, 0) is 24.3 Å². The van der Waals surface area contributed by atoms with Crippen molar-refractivity contribution in [3.63, 3.8) is 0 Å². The van der Waals surface area contributed by atoms with Gasteiger partial charge < -0.3 is 19.3 Å². The van der Waals surface area contributed by atoms with Gasteiger partial charge in [0, 0.05) is 38.7 Å². The van der Waals surface area contributed by atoms with Crippen LogP contribution >= 0.6 is 0 Å². The number of anilines is 1. The SMILES string of the molecule is CN(CC(=O)N1CCC2(CC1)OCCO2)c1ccc(F)cc1. The van der Waals surface area contributed by atoms with Gasteiger partial charge in [0.1, 0.15) is 5.82 Å². The van der Waals surface area contributed by atoms with Crippen LogP contribution in [0.1, 0.15) is 12.8 Å². The zero-order valence-electron chi connectivity index (χ0n) is 12.8. The monoisotopic (exact) mass is 308 g/mol. The number of benzene rings is 1. The van der Waals surface area contributed by atoms with Gasteiger partial charge in [-0.1, -0.05) is 0 Å². The van der Waals surface area contributed by atoms with Crippen LogP contribution in [0.3, 0.4) is 0 Å². The zero-order valence-corrected chi connectivity index (χ0v) is 12.8. The van der Waals surface area contributed by atoms with E-state index in [-0.39, 0.29) is 18.3 Å². The number of piperidine rings is 1. The summed E-state index contributed by atoms with van der Waals surface area (Å²) >= 11 is 0. The smallest absolute Gasteiger partial charge is 0.242 e. The fraction of sp³-hybridized carbons (Fsp3) is 0.562. The quantitative estimate of drug-likeness (QED) is 0.851. The summed E-state index contributed by atoms with van der Waals surface area (Å²) in [5.74, 6) is -0.666. The van der Waals surface area contributed by atoms with E-state index in [0.29, 0.717) is 26.3 Å². The first-order chi connectivity index (χ1) is 10.6. The van der Waals surface area contributed by atoms with Crippen LogP contribution < -0.4 is 4.90 Å². The summed E-state index contributed by atoms with van der Waals surface area (Å²) in [4.78, 5) is 16.1. The third-order valence-electron chi connectivity index (χ3n) is 4.33. The molecular formula is C16H21FN2O3. The molecule has 0 bridgehead atoms. The summed E-state index contributed by atoms with van der Waals surface area (Å²) < 4.78 is 24.3. The molecule has 2 aliphatic heterocycles. The maximum atomic E-state index is 12.9. The first kappa shape index (κ1) is 15.2. The molecule has 1 aromatic rings. The number of likely N-dealkylation sites (tertiary alicyclic amines) is 1. The van der Waals surface area contributed by atoms with E-state index < -0.39 is 5.79 Å². The van der Waals surface area contributed by atoms with Crippen molar-refractivity contribution in [1.29, 1.82) is 0 Å². The summed E-state index contributed by atoms with van der Waals surface area (Å²) in [6.45, 7) is 2.86. The molecular weight excluding hydrogens is 287 g/mol. The van der Waals surface area contributed by atoms with Crippen molar-refractivity contribution in [3.8, 4) is 0 Å². The fourth-order valence-corrected chi connectivity index (χ4v) is 2.97. The molecule has 5 nitrogen and oxygen atoms in total. The summed E-state index contributed by atoms with van der Waals surface area (Å²) in [6.07, 6.45) is 1.44. The van der Waals surface area contributed by atoms with E-state index in [1.165, 1.54) is 12.1 Å². The molecule has 1 amide bonds. The molecule has 0 aromatic heterocycles. The average molecular weight is 308 g/mol. The number of rotatable bonds is 3. The second kappa shape index (κ2) is 6.22. The number of nitrogens with zero attached hydrogens (tertiary/aromatic N) is 2. The Hall–Kier alpha value is -1.66. The standard InChI is InChI=1S/C16H21FN2O3/c1-18(14-4-2-13(17)3-5-14)12-15(20)19-8-6-16(7-9-19)21-10-11-22-16/h2-5H,6-12H2,1H3. The molecule has 0 N–H and O–H groups in total. The minimum atomic E-state index is -0.459. The molecule has 0 unspecified atom stereocenters. The van der Waals surface area contributed by atoms with Crippen LogP contribution in [0.5, 0.6) is 0 Å². The second-order valence-corrected chi connectivity index (χ2v) is 5.82. The Bertz CT molecular complexity index is 519. The second-order valence-electron chi connectivity index (χ2n) is 5.82.